The molecular formula is C20H14FN5O4. The zero-order chi connectivity index (χ0) is 20.1. The van der Waals surface area contributed by atoms with Crippen LogP contribution in [0.25, 0.3) is 23.0 Å². The minimum absolute atomic E-state index is 0.196. The van der Waals surface area contributed by atoms with Gasteiger partial charge in [0.05, 0.1) is 18.8 Å². The van der Waals surface area contributed by atoms with Crippen molar-refractivity contribution in [2.45, 2.75) is 19.3 Å². The highest BCUT2D eigenvalue weighted by Crippen LogP contribution is 2.36. The molecule has 2 aliphatic heterocycles. The van der Waals surface area contributed by atoms with Gasteiger partial charge in [0, 0.05) is 5.56 Å². The van der Waals surface area contributed by atoms with Gasteiger partial charge in [-0.15, -0.1) is 5.10 Å². The summed E-state index contributed by atoms with van der Waals surface area (Å²) in [5.41, 5.74) is 2.84. The summed E-state index contributed by atoms with van der Waals surface area (Å²) in [6.07, 6.45) is -0.237. The van der Waals surface area contributed by atoms with Crippen LogP contribution in [0.1, 0.15) is 17.4 Å². The molecule has 2 aliphatic rings. The van der Waals surface area contributed by atoms with Crippen molar-refractivity contribution < 1.29 is 23.1 Å². The van der Waals surface area contributed by atoms with Crippen LogP contribution in [0, 0.1) is 5.82 Å². The van der Waals surface area contributed by atoms with E-state index in [1.165, 1.54) is 12.1 Å². The Balaban J connectivity index is 1.27. The smallest absolute Gasteiger partial charge is 0.280 e. The summed E-state index contributed by atoms with van der Waals surface area (Å²) in [5.74, 6) is 1.70. The maximum atomic E-state index is 13.2. The molecule has 0 radical (unpaired) electrons. The van der Waals surface area contributed by atoms with Crippen molar-refractivity contribution in [1.82, 2.24) is 25.1 Å². The molecule has 4 heterocycles. The van der Waals surface area contributed by atoms with Gasteiger partial charge in [0.2, 0.25) is 12.6 Å². The lowest BCUT2D eigenvalue weighted by Crippen LogP contribution is -2.22. The van der Waals surface area contributed by atoms with Crippen molar-refractivity contribution in [3.05, 3.63) is 59.5 Å². The van der Waals surface area contributed by atoms with E-state index in [1.807, 2.05) is 6.07 Å². The van der Waals surface area contributed by atoms with Crippen molar-refractivity contribution in [3.63, 3.8) is 0 Å². The van der Waals surface area contributed by atoms with Crippen molar-refractivity contribution >= 4 is 0 Å². The van der Waals surface area contributed by atoms with E-state index in [2.05, 4.69) is 20.5 Å². The lowest BCUT2D eigenvalue weighted by Gasteiger charge is -2.24. The maximum absolute atomic E-state index is 13.2. The number of ether oxygens (including phenoxy) is 3. The molecule has 0 spiro atoms. The van der Waals surface area contributed by atoms with E-state index in [9.17, 15) is 4.39 Å². The summed E-state index contributed by atoms with van der Waals surface area (Å²) in [5, 5.41) is 12.5. The molecule has 0 saturated carbocycles. The summed E-state index contributed by atoms with van der Waals surface area (Å²) in [6, 6.07) is 11.7. The van der Waals surface area contributed by atoms with Gasteiger partial charge in [-0.2, -0.15) is 4.98 Å². The average Bonchev–Trinajstić information content (AvgIpc) is 3.51. The number of fused-ring (bicyclic) bond motifs is 2. The molecule has 2 aromatic heterocycles. The van der Waals surface area contributed by atoms with Crippen LogP contribution < -0.4 is 9.47 Å². The largest absolute Gasteiger partial charge is 0.454 e. The van der Waals surface area contributed by atoms with Crippen molar-refractivity contribution in [2.24, 2.45) is 0 Å². The molecular weight excluding hydrogens is 393 g/mol. The first kappa shape index (κ1) is 17.1. The monoisotopic (exact) mass is 407 g/mol. The fraction of sp³-hybridized carbons (Fsp3) is 0.200. The molecule has 10 heteroatoms. The fourth-order valence-electron chi connectivity index (χ4n) is 3.53. The Bertz CT molecular complexity index is 1240. The third-order valence-corrected chi connectivity index (χ3v) is 5.10. The molecule has 9 nitrogen and oxygen atoms in total. The molecule has 0 amide bonds. The first-order chi connectivity index (χ1) is 14.7. The Morgan fingerprint density at radius 3 is 2.80 bits per heavy atom. The first-order valence-electron chi connectivity index (χ1n) is 9.28. The summed E-state index contributed by atoms with van der Waals surface area (Å²) >= 11 is 0. The summed E-state index contributed by atoms with van der Waals surface area (Å²) < 4.78 is 37.0. The summed E-state index contributed by atoms with van der Waals surface area (Å²) in [6.45, 7) is 0.922. The molecule has 0 aliphatic carbocycles. The van der Waals surface area contributed by atoms with Crippen LogP contribution in [-0.2, 0) is 17.9 Å². The van der Waals surface area contributed by atoms with Crippen LogP contribution in [-0.4, -0.2) is 31.9 Å². The minimum atomic E-state index is -0.284. The Labute approximate surface area is 169 Å². The third kappa shape index (κ3) is 2.80. The second-order valence-corrected chi connectivity index (χ2v) is 6.91. The number of benzene rings is 2. The second-order valence-electron chi connectivity index (χ2n) is 6.91. The van der Waals surface area contributed by atoms with E-state index in [-0.39, 0.29) is 31.2 Å². The predicted octanol–water partition coefficient (Wildman–Crippen LogP) is 3.13. The molecule has 2 aromatic carbocycles. The Kier molecular flexibility index (Phi) is 3.78. The van der Waals surface area contributed by atoms with E-state index in [4.69, 9.17) is 18.7 Å². The highest BCUT2D eigenvalue weighted by Gasteiger charge is 2.28. The molecule has 0 N–H and O–H groups in total. The van der Waals surface area contributed by atoms with Gasteiger partial charge in [0.15, 0.2) is 17.2 Å². The van der Waals surface area contributed by atoms with E-state index >= 15 is 0 Å². The first-order valence-corrected chi connectivity index (χ1v) is 9.28. The van der Waals surface area contributed by atoms with E-state index in [1.54, 1.807) is 28.9 Å². The van der Waals surface area contributed by atoms with Crippen LogP contribution >= 0.6 is 0 Å². The number of rotatable bonds is 3. The highest BCUT2D eigenvalue weighted by molar-refractivity contribution is 5.63. The van der Waals surface area contributed by atoms with Gasteiger partial charge < -0.3 is 18.7 Å². The van der Waals surface area contributed by atoms with Crippen LogP contribution in [0.2, 0.25) is 0 Å². The summed E-state index contributed by atoms with van der Waals surface area (Å²) in [4.78, 5) is 4.46. The minimum Gasteiger partial charge on any atom is -0.454 e. The van der Waals surface area contributed by atoms with E-state index in [0.29, 0.717) is 29.6 Å². The summed E-state index contributed by atoms with van der Waals surface area (Å²) in [7, 11) is 0. The molecule has 0 bridgehead atoms. The zero-order valence-electron chi connectivity index (χ0n) is 15.5. The van der Waals surface area contributed by atoms with Crippen LogP contribution in [0.4, 0.5) is 4.39 Å². The number of halogens is 1. The normalized spacial score (nSPS) is 17.2. The van der Waals surface area contributed by atoms with Gasteiger partial charge in [0.25, 0.3) is 5.89 Å². The third-order valence-electron chi connectivity index (χ3n) is 5.10. The van der Waals surface area contributed by atoms with Gasteiger partial charge in [0.1, 0.15) is 11.9 Å². The lowest BCUT2D eigenvalue weighted by atomic mass is 10.1. The number of hydrogen-bond donors (Lipinski definition) is 0. The molecule has 0 fully saturated rings. The molecule has 6 rings (SSSR count). The molecule has 1 unspecified atom stereocenters. The molecule has 150 valence electrons. The van der Waals surface area contributed by atoms with E-state index < -0.39 is 0 Å². The van der Waals surface area contributed by atoms with Crippen molar-refractivity contribution in [2.75, 3.05) is 6.79 Å². The fourth-order valence-corrected chi connectivity index (χ4v) is 3.53. The molecule has 1 atom stereocenters. The van der Waals surface area contributed by atoms with Gasteiger partial charge in [-0.3, -0.25) is 0 Å². The molecule has 0 saturated heterocycles. The van der Waals surface area contributed by atoms with Gasteiger partial charge in [-0.25, -0.2) is 9.07 Å². The quantitative estimate of drug-likeness (QED) is 0.511. The van der Waals surface area contributed by atoms with Crippen molar-refractivity contribution in [1.29, 1.82) is 0 Å². The van der Waals surface area contributed by atoms with Gasteiger partial charge in [-0.05, 0) is 35.9 Å². The lowest BCUT2D eigenvalue weighted by molar-refractivity contribution is -0.00120. The number of aromatic nitrogens is 5. The Morgan fingerprint density at radius 2 is 1.90 bits per heavy atom. The number of hydrogen-bond acceptors (Lipinski definition) is 8. The average molecular weight is 407 g/mol. The van der Waals surface area contributed by atoms with Crippen LogP contribution in [0.5, 0.6) is 11.5 Å². The molecule has 30 heavy (non-hydrogen) atoms. The van der Waals surface area contributed by atoms with Gasteiger partial charge >= 0.3 is 0 Å². The number of nitrogens with zero attached hydrogens (tertiary/aromatic N) is 5. The standard InChI is InChI=1S/C20H14FN5O4/c21-13-4-1-11(2-5-13)17-8-26-14(9-27-17)18(23-25-26)20-22-19(24-30-20)12-3-6-15-16(7-12)29-10-28-15/h1-7,17H,8-10H2. The van der Waals surface area contributed by atoms with Crippen LogP contribution in [0.3, 0.4) is 0 Å². The zero-order valence-corrected chi connectivity index (χ0v) is 15.5. The second kappa shape index (κ2) is 6.63. The SMILES string of the molecule is Fc1ccc(C2Cn3nnc(-c4nc(-c5ccc6c(c5)OCO6)no4)c3CO2)cc1. The highest BCUT2D eigenvalue weighted by atomic mass is 19.1. The Morgan fingerprint density at radius 1 is 1.03 bits per heavy atom. The Hall–Kier alpha value is -3.79. The van der Waals surface area contributed by atoms with Gasteiger partial charge in [-0.1, -0.05) is 22.5 Å². The topological polar surface area (TPSA) is 97.3 Å². The van der Waals surface area contributed by atoms with Crippen LogP contribution in [0.15, 0.2) is 47.0 Å². The predicted molar refractivity (Wildman–Crippen MR) is 98.8 cm³/mol. The molecule has 4 aromatic rings. The van der Waals surface area contributed by atoms with Crippen molar-refractivity contribution in [3.8, 4) is 34.5 Å². The van der Waals surface area contributed by atoms with E-state index in [0.717, 1.165) is 16.8 Å². The maximum Gasteiger partial charge on any atom is 0.280 e.